The Balaban J connectivity index is 1.43. The highest BCUT2D eigenvalue weighted by Crippen LogP contribution is 2.33. The first-order valence-corrected chi connectivity index (χ1v) is 12.3. The average Bonchev–Trinajstić information content (AvgIpc) is 3.39. The van der Waals surface area contributed by atoms with Crippen LogP contribution in [0.3, 0.4) is 0 Å². The summed E-state index contributed by atoms with van der Waals surface area (Å²) in [7, 11) is 0. The van der Waals surface area contributed by atoms with Crippen molar-refractivity contribution in [3.63, 3.8) is 0 Å². The lowest BCUT2D eigenvalue weighted by molar-refractivity contribution is -0.0250. The first-order valence-electron chi connectivity index (χ1n) is 12.3. The molecule has 0 aliphatic carbocycles. The third-order valence-corrected chi connectivity index (χ3v) is 6.60. The van der Waals surface area contributed by atoms with E-state index in [0.717, 1.165) is 38.5 Å². The van der Waals surface area contributed by atoms with E-state index in [2.05, 4.69) is 84.0 Å². The molecular formula is C27H38N4O. The standard InChI is InChI=1S/C27H38N4O/c1-3-28-27(29-20-24-14-10-18-32-26(24)22-11-5-4-6-12-22)30-21(2)23-13-9-15-25(19-23)31-16-7-8-17-31/h4-6,9,11-13,15,19,21,24,26H,3,7-8,10,14,16-18,20H2,1-2H3,(H2,28,29,30). The highest BCUT2D eigenvalue weighted by Gasteiger charge is 2.27. The van der Waals surface area contributed by atoms with Crippen molar-refractivity contribution in [2.24, 2.45) is 10.9 Å². The fraction of sp³-hybridized carbons (Fsp3) is 0.519. The summed E-state index contributed by atoms with van der Waals surface area (Å²) in [5.41, 5.74) is 3.89. The molecular weight excluding hydrogens is 396 g/mol. The Hall–Kier alpha value is -2.53. The fourth-order valence-corrected chi connectivity index (χ4v) is 4.82. The van der Waals surface area contributed by atoms with Gasteiger partial charge in [0.15, 0.2) is 5.96 Å². The monoisotopic (exact) mass is 434 g/mol. The van der Waals surface area contributed by atoms with Gasteiger partial charge in [-0.3, -0.25) is 4.99 Å². The van der Waals surface area contributed by atoms with Crippen LogP contribution in [0, 0.1) is 5.92 Å². The zero-order valence-corrected chi connectivity index (χ0v) is 19.6. The van der Waals surface area contributed by atoms with Crippen LogP contribution in [0.1, 0.15) is 62.8 Å². The van der Waals surface area contributed by atoms with Gasteiger partial charge in [0.25, 0.3) is 0 Å². The second-order valence-electron chi connectivity index (χ2n) is 8.98. The van der Waals surface area contributed by atoms with Crippen molar-refractivity contribution >= 4 is 11.6 Å². The molecule has 2 aliphatic rings. The number of hydrogen-bond donors (Lipinski definition) is 2. The predicted octanol–water partition coefficient (Wildman–Crippen LogP) is 5.07. The molecule has 4 rings (SSSR count). The first-order chi connectivity index (χ1) is 15.7. The van der Waals surface area contributed by atoms with Crippen LogP contribution in [0.15, 0.2) is 59.6 Å². The Morgan fingerprint density at radius 1 is 1.09 bits per heavy atom. The van der Waals surface area contributed by atoms with Gasteiger partial charge in [0.05, 0.1) is 12.1 Å². The Morgan fingerprint density at radius 2 is 1.91 bits per heavy atom. The lowest BCUT2D eigenvalue weighted by Crippen LogP contribution is -2.39. The van der Waals surface area contributed by atoms with Crippen molar-refractivity contribution in [2.45, 2.75) is 51.7 Å². The molecule has 5 heteroatoms. The third-order valence-electron chi connectivity index (χ3n) is 6.60. The molecule has 0 radical (unpaired) electrons. The maximum atomic E-state index is 6.17. The van der Waals surface area contributed by atoms with Crippen LogP contribution in [0.5, 0.6) is 0 Å². The molecule has 172 valence electrons. The van der Waals surface area contributed by atoms with Gasteiger partial charge < -0.3 is 20.3 Å². The molecule has 2 saturated heterocycles. The largest absolute Gasteiger partial charge is 0.373 e. The summed E-state index contributed by atoms with van der Waals surface area (Å²) in [5, 5.41) is 7.06. The van der Waals surface area contributed by atoms with Crippen LogP contribution in [0.2, 0.25) is 0 Å². The second-order valence-corrected chi connectivity index (χ2v) is 8.98. The summed E-state index contributed by atoms with van der Waals surface area (Å²) in [4.78, 5) is 7.47. The molecule has 3 atom stereocenters. The highest BCUT2D eigenvalue weighted by molar-refractivity contribution is 5.80. The third kappa shape index (κ3) is 5.83. The molecule has 2 heterocycles. The number of hydrogen-bond acceptors (Lipinski definition) is 3. The highest BCUT2D eigenvalue weighted by atomic mass is 16.5. The molecule has 2 aromatic rings. The summed E-state index contributed by atoms with van der Waals surface area (Å²) in [5.74, 6) is 1.28. The predicted molar refractivity (Wildman–Crippen MR) is 133 cm³/mol. The molecule has 0 saturated carbocycles. The van der Waals surface area contributed by atoms with Crippen molar-refractivity contribution in [1.29, 1.82) is 0 Å². The molecule has 5 nitrogen and oxygen atoms in total. The number of guanidine groups is 1. The number of ether oxygens (including phenoxy) is 1. The van der Waals surface area contributed by atoms with Crippen LogP contribution < -0.4 is 15.5 Å². The van der Waals surface area contributed by atoms with Crippen LogP contribution in [-0.2, 0) is 4.74 Å². The summed E-state index contributed by atoms with van der Waals surface area (Å²) in [6, 6.07) is 19.7. The van der Waals surface area contributed by atoms with Crippen LogP contribution in [-0.4, -0.2) is 38.7 Å². The second kappa shape index (κ2) is 11.4. The van der Waals surface area contributed by atoms with E-state index in [4.69, 9.17) is 9.73 Å². The SMILES string of the molecule is CCNC(=NCC1CCCOC1c1ccccc1)NC(C)c1cccc(N2CCCC2)c1. The van der Waals surface area contributed by atoms with E-state index in [1.54, 1.807) is 0 Å². The molecule has 2 fully saturated rings. The number of nitrogens with one attached hydrogen (secondary N) is 2. The van der Waals surface area contributed by atoms with Gasteiger partial charge in [-0.1, -0.05) is 42.5 Å². The van der Waals surface area contributed by atoms with Gasteiger partial charge in [-0.05, 0) is 62.8 Å². The van der Waals surface area contributed by atoms with E-state index in [0.29, 0.717) is 5.92 Å². The van der Waals surface area contributed by atoms with Crippen LogP contribution >= 0.6 is 0 Å². The Labute approximate surface area is 193 Å². The van der Waals surface area contributed by atoms with Gasteiger partial charge in [0.1, 0.15) is 0 Å². The minimum atomic E-state index is 0.131. The number of aliphatic imine (C=N–C) groups is 1. The molecule has 2 aliphatic heterocycles. The molecule has 0 amide bonds. The zero-order chi connectivity index (χ0) is 22.2. The summed E-state index contributed by atoms with van der Waals surface area (Å²) in [6.45, 7) is 9.11. The van der Waals surface area contributed by atoms with Crippen molar-refractivity contribution in [2.75, 3.05) is 37.7 Å². The van der Waals surface area contributed by atoms with Crippen molar-refractivity contribution in [3.05, 3.63) is 65.7 Å². The Morgan fingerprint density at radius 3 is 2.69 bits per heavy atom. The van der Waals surface area contributed by atoms with E-state index < -0.39 is 0 Å². The van der Waals surface area contributed by atoms with Crippen molar-refractivity contribution in [1.82, 2.24) is 10.6 Å². The maximum absolute atomic E-state index is 6.17. The van der Waals surface area contributed by atoms with Gasteiger partial charge >= 0.3 is 0 Å². The molecule has 32 heavy (non-hydrogen) atoms. The molecule has 0 spiro atoms. The first kappa shape index (κ1) is 22.7. The lowest BCUT2D eigenvalue weighted by Gasteiger charge is -2.31. The fourth-order valence-electron chi connectivity index (χ4n) is 4.82. The zero-order valence-electron chi connectivity index (χ0n) is 19.6. The normalized spacial score (nSPS) is 22.6. The molecule has 3 unspecified atom stereocenters. The van der Waals surface area contributed by atoms with Gasteiger partial charge in [-0.25, -0.2) is 0 Å². The number of nitrogens with zero attached hydrogens (tertiary/aromatic N) is 2. The number of rotatable bonds is 7. The van der Waals surface area contributed by atoms with Gasteiger partial charge in [-0.15, -0.1) is 0 Å². The molecule has 2 N–H and O–H groups in total. The van der Waals surface area contributed by atoms with Crippen LogP contribution in [0.25, 0.3) is 0 Å². The number of benzene rings is 2. The van der Waals surface area contributed by atoms with Gasteiger partial charge in [0, 0.05) is 44.4 Å². The maximum Gasteiger partial charge on any atom is 0.191 e. The lowest BCUT2D eigenvalue weighted by atomic mass is 9.89. The quantitative estimate of drug-likeness (QED) is 0.472. The number of anilines is 1. The van der Waals surface area contributed by atoms with E-state index in [1.807, 2.05) is 0 Å². The summed E-state index contributed by atoms with van der Waals surface area (Å²) >= 11 is 0. The minimum absolute atomic E-state index is 0.131. The Kier molecular flexibility index (Phi) is 8.05. The van der Waals surface area contributed by atoms with E-state index in [9.17, 15) is 0 Å². The van der Waals surface area contributed by atoms with E-state index in [1.165, 1.54) is 42.7 Å². The van der Waals surface area contributed by atoms with Gasteiger partial charge in [-0.2, -0.15) is 0 Å². The van der Waals surface area contributed by atoms with Crippen molar-refractivity contribution in [3.8, 4) is 0 Å². The van der Waals surface area contributed by atoms with E-state index in [-0.39, 0.29) is 12.1 Å². The van der Waals surface area contributed by atoms with E-state index >= 15 is 0 Å². The smallest absolute Gasteiger partial charge is 0.191 e. The van der Waals surface area contributed by atoms with Gasteiger partial charge in [0.2, 0.25) is 0 Å². The summed E-state index contributed by atoms with van der Waals surface area (Å²) < 4.78 is 6.17. The average molecular weight is 435 g/mol. The topological polar surface area (TPSA) is 48.9 Å². The summed E-state index contributed by atoms with van der Waals surface area (Å²) in [6.07, 6.45) is 4.98. The molecule has 0 bridgehead atoms. The molecule has 2 aromatic carbocycles. The van der Waals surface area contributed by atoms with Crippen molar-refractivity contribution < 1.29 is 4.74 Å². The molecule has 0 aromatic heterocycles. The van der Waals surface area contributed by atoms with Crippen LogP contribution in [0.4, 0.5) is 5.69 Å². The minimum Gasteiger partial charge on any atom is -0.373 e. The Bertz CT molecular complexity index is 863.